The Balaban J connectivity index is 1.72. The number of hydrogen-bond donors (Lipinski definition) is 3. The summed E-state index contributed by atoms with van der Waals surface area (Å²) in [5, 5.41) is 11.5. The lowest BCUT2D eigenvalue weighted by molar-refractivity contribution is -0.0487. The third-order valence-corrected chi connectivity index (χ3v) is 15.4. The van der Waals surface area contributed by atoms with Crippen LogP contribution in [-0.2, 0) is 14.2 Å². The van der Waals surface area contributed by atoms with Gasteiger partial charge in [0.2, 0.25) is 0 Å². The van der Waals surface area contributed by atoms with Gasteiger partial charge in [0, 0.05) is 70.2 Å². The lowest BCUT2D eigenvalue weighted by atomic mass is 9.70. The van der Waals surface area contributed by atoms with Crippen molar-refractivity contribution in [3.05, 3.63) is 34.9 Å². The summed E-state index contributed by atoms with van der Waals surface area (Å²) in [7, 11) is 0. The first kappa shape index (κ1) is 44.2. The predicted octanol–water partition coefficient (Wildman–Crippen LogP) is 9.16. The van der Waals surface area contributed by atoms with Crippen molar-refractivity contribution in [2.75, 3.05) is 0 Å². The maximum absolute atomic E-state index is 14.2. The van der Waals surface area contributed by atoms with E-state index in [1.807, 2.05) is 0 Å². The summed E-state index contributed by atoms with van der Waals surface area (Å²) >= 11 is 0. The first-order valence-corrected chi connectivity index (χ1v) is 21.2. The maximum Gasteiger partial charge on any atom is 0.338 e. The third-order valence-electron chi connectivity index (χ3n) is 15.4. The fourth-order valence-electron chi connectivity index (χ4n) is 9.61. The molecule has 3 heterocycles. The fourth-order valence-corrected chi connectivity index (χ4v) is 9.61. The van der Waals surface area contributed by atoms with Gasteiger partial charge >= 0.3 is 17.9 Å². The second-order valence-corrected chi connectivity index (χ2v) is 19.0. The molecular formula is C45H75N3O6. The molecule has 1 aromatic rings. The Kier molecular flexibility index (Phi) is 13.2. The quantitative estimate of drug-likeness (QED) is 0.142. The summed E-state index contributed by atoms with van der Waals surface area (Å²) in [6.07, 6.45) is 6.17. The lowest BCUT2D eigenvalue weighted by Crippen LogP contribution is -2.66. The van der Waals surface area contributed by atoms with Gasteiger partial charge in [0.1, 0.15) is 18.3 Å². The van der Waals surface area contributed by atoms with Crippen LogP contribution >= 0.6 is 0 Å². The molecule has 9 nitrogen and oxygen atoms in total. The molecule has 3 aliphatic rings. The molecule has 0 amide bonds. The summed E-state index contributed by atoms with van der Waals surface area (Å²) in [6, 6.07) is 4.60. The molecule has 3 N–H and O–H groups in total. The Morgan fingerprint density at radius 1 is 0.481 bits per heavy atom. The molecule has 54 heavy (non-hydrogen) atoms. The summed E-state index contributed by atoms with van der Waals surface area (Å²) < 4.78 is 19.1. The third kappa shape index (κ3) is 8.89. The van der Waals surface area contributed by atoms with Crippen molar-refractivity contribution >= 4 is 17.9 Å². The molecule has 12 unspecified atom stereocenters. The highest BCUT2D eigenvalue weighted by atomic mass is 16.6. The number of ether oxygens (including phenoxy) is 3. The number of nitrogens with one attached hydrogen (secondary N) is 3. The van der Waals surface area contributed by atoms with Crippen molar-refractivity contribution in [3.8, 4) is 0 Å². The molecule has 0 radical (unpaired) electrons. The number of carbonyl (C=O) groups is 3. The van der Waals surface area contributed by atoms with Crippen LogP contribution in [0.2, 0.25) is 0 Å². The zero-order valence-electron chi connectivity index (χ0n) is 36.5. The summed E-state index contributed by atoms with van der Waals surface area (Å²) in [5.41, 5.74) is -0.890. The summed E-state index contributed by atoms with van der Waals surface area (Å²) in [5.74, 6) is -1.58. The van der Waals surface area contributed by atoms with Crippen LogP contribution in [0, 0.1) is 17.8 Å². The number of rotatable bonds is 12. The second-order valence-electron chi connectivity index (χ2n) is 19.0. The molecule has 306 valence electrons. The first-order chi connectivity index (χ1) is 25.0. The van der Waals surface area contributed by atoms with Crippen molar-refractivity contribution in [2.24, 2.45) is 17.8 Å². The first-order valence-electron chi connectivity index (χ1n) is 21.2. The Labute approximate surface area is 327 Å². The molecule has 0 aliphatic carbocycles. The average Bonchev–Trinajstić information content (AvgIpc) is 3.14. The molecule has 0 bridgehead atoms. The highest BCUT2D eigenvalue weighted by molar-refractivity contribution is 6.00. The standard InChI is InChI=1S/C45H75N3O6/c1-16-40(10)25-34(28(7)43(13,19-4)46-40)52-37(49)31-22-32(38(50)53-35-26-41(11,17-2)47-44(14,20-5)29(35)8)24-33(23-31)39(51)54-36-27-42(12,18-3)48-45(15,21-6)30(36)9/h22-24,28-30,34-36,46-48H,16-21,25-27H2,1-15H3. The van der Waals surface area contributed by atoms with E-state index in [9.17, 15) is 14.4 Å². The molecule has 0 saturated carbocycles. The zero-order chi connectivity index (χ0) is 40.7. The molecule has 0 spiro atoms. The van der Waals surface area contributed by atoms with E-state index in [1.54, 1.807) is 0 Å². The Bertz CT molecular complexity index is 1350. The SMILES string of the molecule is CCC1(C)CC(OC(=O)c2cc(C(=O)OC3CC(C)(CC)NC(C)(CC)C3C)cc(C(=O)OC3CC(C)(CC)NC(C)(CC)C3C)c2)C(C)C(C)(CC)N1. The Morgan fingerprint density at radius 3 is 0.889 bits per heavy atom. The van der Waals surface area contributed by atoms with Gasteiger partial charge in [-0.15, -0.1) is 0 Å². The highest BCUT2D eigenvalue weighted by Crippen LogP contribution is 2.42. The van der Waals surface area contributed by atoms with Crippen LogP contribution in [-0.4, -0.2) is 69.5 Å². The molecule has 0 aromatic heterocycles. The molecule has 3 aliphatic heterocycles. The van der Waals surface area contributed by atoms with E-state index in [0.29, 0.717) is 19.3 Å². The van der Waals surface area contributed by atoms with Crippen molar-refractivity contribution in [2.45, 2.75) is 213 Å². The van der Waals surface area contributed by atoms with Crippen molar-refractivity contribution < 1.29 is 28.6 Å². The predicted molar refractivity (Wildman–Crippen MR) is 217 cm³/mol. The molecule has 4 rings (SSSR count). The topological polar surface area (TPSA) is 115 Å². The van der Waals surface area contributed by atoms with E-state index in [-0.39, 0.29) is 86.0 Å². The summed E-state index contributed by atoms with van der Waals surface area (Å²) in [4.78, 5) is 42.7. The van der Waals surface area contributed by atoms with Crippen molar-refractivity contribution in [1.29, 1.82) is 0 Å². The molecular weight excluding hydrogens is 679 g/mol. The van der Waals surface area contributed by atoms with Crippen molar-refractivity contribution in [1.82, 2.24) is 16.0 Å². The number of carbonyl (C=O) groups excluding carboxylic acids is 3. The van der Waals surface area contributed by atoms with Gasteiger partial charge in [0.25, 0.3) is 0 Å². The molecule has 1 aromatic carbocycles. The largest absolute Gasteiger partial charge is 0.458 e. The van der Waals surface area contributed by atoms with Crippen LogP contribution in [0.25, 0.3) is 0 Å². The fraction of sp³-hybridized carbons (Fsp3) is 0.800. The van der Waals surface area contributed by atoms with Gasteiger partial charge in [0.05, 0.1) is 16.7 Å². The van der Waals surface area contributed by atoms with Crippen LogP contribution in [0.1, 0.15) is 193 Å². The summed E-state index contributed by atoms with van der Waals surface area (Å²) in [6.45, 7) is 32.4. The Hall–Kier alpha value is -2.49. The highest BCUT2D eigenvalue weighted by Gasteiger charge is 2.50. The van der Waals surface area contributed by atoms with E-state index < -0.39 is 17.9 Å². The minimum absolute atomic E-state index is 0.0351. The van der Waals surface area contributed by atoms with Gasteiger partial charge < -0.3 is 30.2 Å². The minimum Gasteiger partial charge on any atom is -0.458 e. The number of benzene rings is 1. The smallest absolute Gasteiger partial charge is 0.338 e. The second kappa shape index (κ2) is 16.2. The van der Waals surface area contributed by atoms with E-state index in [2.05, 4.69) is 120 Å². The van der Waals surface area contributed by atoms with Crippen LogP contribution in [0.4, 0.5) is 0 Å². The van der Waals surface area contributed by atoms with Gasteiger partial charge in [0.15, 0.2) is 0 Å². The van der Waals surface area contributed by atoms with Gasteiger partial charge in [-0.1, -0.05) is 62.3 Å². The Morgan fingerprint density at radius 2 is 0.704 bits per heavy atom. The van der Waals surface area contributed by atoms with Crippen LogP contribution in [0.15, 0.2) is 18.2 Å². The zero-order valence-corrected chi connectivity index (χ0v) is 36.5. The minimum atomic E-state index is -0.561. The number of esters is 3. The van der Waals surface area contributed by atoms with E-state index in [4.69, 9.17) is 14.2 Å². The van der Waals surface area contributed by atoms with E-state index in [0.717, 1.165) is 38.5 Å². The average molecular weight is 754 g/mol. The van der Waals surface area contributed by atoms with Gasteiger partial charge in [-0.05, 0) is 98.3 Å². The normalized spacial score (nSPS) is 41.2. The van der Waals surface area contributed by atoms with Crippen molar-refractivity contribution in [3.63, 3.8) is 0 Å². The van der Waals surface area contributed by atoms with Gasteiger partial charge in [-0.25, -0.2) is 14.4 Å². The van der Waals surface area contributed by atoms with E-state index in [1.165, 1.54) is 18.2 Å². The number of piperidine rings is 3. The van der Waals surface area contributed by atoms with Crippen LogP contribution in [0.3, 0.4) is 0 Å². The van der Waals surface area contributed by atoms with Crippen LogP contribution < -0.4 is 16.0 Å². The molecule has 9 heteroatoms. The van der Waals surface area contributed by atoms with E-state index >= 15 is 0 Å². The number of hydrogen-bond acceptors (Lipinski definition) is 9. The lowest BCUT2D eigenvalue weighted by Gasteiger charge is -2.53. The van der Waals surface area contributed by atoms with Crippen LogP contribution in [0.5, 0.6) is 0 Å². The monoisotopic (exact) mass is 754 g/mol. The maximum atomic E-state index is 14.2. The van der Waals surface area contributed by atoms with Gasteiger partial charge in [-0.2, -0.15) is 0 Å². The molecule has 12 atom stereocenters. The van der Waals surface area contributed by atoms with Gasteiger partial charge in [-0.3, -0.25) is 0 Å². The molecule has 3 fully saturated rings. The molecule has 3 saturated heterocycles.